The second-order valence-electron chi connectivity index (χ2n) is 6.02. The zero-order valence-corrected chi connectivity index (χ0v) is 12.6. The summed E-state index contributed by atoms with van der Waals surface area (Å²) in [6.45, 7) is 5.33. The topological polar surface area (TPSA) is 50.2 Å². The fraction of sp³-hybridized carbons (Fsp3) is 0.733. The van der Waals surface area contributed by atoms with E-state index in [0.29, 0.717) is 5.92 Å². The molecule has 0 aliphatic carbocycles. The van der Waals surface area contributed by atoms with Crippen molar-refractivity contribution in [1.82, 2.24) is 9.78 Å². The first-order chi connectivity index (χ1) is 9.65. The Hall–Kier alpha value is -1.52. The summed E-state index contributed by atoms with van der Waals surface area (Å²) in [6, 6.07) is -0.00826. The Balaban J connectivity index is 1.97. The summed E-state index contributed by atoms with van der Waals surface area (Å²) in [5, 5.41) is 7.72. The molecule has 1 aromatic heterocycles. The lowest BCUT2D eigenvalue weighted by Gasteiger charge is -2.42. The third kappa shape index (κ3) is 2.00. The summed E-state index contributed by atoms with van der Waals surface area (Å²) in [4.78, 5) is 14.7. The molecule has 0 radical (unpaired) electrons. The summed E-state index contributed by atoms with van der Waals surface area (Å²) in [5.41, 5.74) is 1.97. The molecule has 3 heterocycles. The van der Waals surface area contributed by atoms with E-state index in [1.165, 1.54) is 6.42 Å². The summed E-state index contributed by atoms with van der Waals surface area (Å²) in [5.74, 6) is 1.93. The minimum atomic E-state index is -0.00826. The number of hydrogen-bond acceptors (Lipinski definition) is 3. The molecular formula is C15H24N4O. The molecule has 0 bridgehead atoms. The van der Waals surface area contributed by atoms with Gasteiger partial charge in [-0.05, 0) is 25.2 Å². The number of rotatable bonds is 3. The van der Waals surface area contributed by atoms with E-state index in [1.54, 1.807) is 0 Å². The number of nitrogens with one attached hydrogen (secondary N) is 1. The molecule has 5 nitrogen and oxygen atoms in total. The van der Waals surface area contributed by atoms with Crippen LogP contribution in [0.1, 0.15) is 45.2 Å². The van der Waals surface area contributed by atoms with Crippen molar-refractivity contribution in [3.05, 3.63) is 5.69 Å². The number of nitrogens with zero attached hydrogens (tertiary/aromatic N) is 3. The SMILES string of the molecule is CCCc1nn(C)c2c1NC(=O)C1CC(CC)CCN21. The van der Waals surface area contributed by atoms with Crippen molar-refractivity contribution in [3.8, 4) is 0 Å². The molecule has 5 heteroatoms. The Kier molecular flexibility index (Phi) is 3.44. The van der Waals surface area contributed by atoms with Gasteiger partial charge in [0.05, 0.1) is 5.69 Å². The number of carbonyl (C=O) groups excluding carboxylic acids is 1. The number of anilines is 2. The van der Waals surface area contributed by atoms with Gasteiger partial charge in [-0.25, -0.2) is 0 Å². The second kappa shape index (κ2) is 5.11. The van der Waals surface area contributed by atoms with Gasteiger partial charge >= 0.3 is 0 Å². The van der Waals surface area contributed by atoms with Crippen molar-refractivity contribution < 1.29 is 4.79 Å². The van der Waals surface area contributed by atoms with E-state index in [1.807, 2.05) is 11.7 Å². The first-order valence-electron chi connectivity index (χ1n) is 7.79. The Morgan fingerprint density at radius 3 is 2.90 bits per heavy atom. The van der Waals surface area contributed by atoms with Gasteiger partial charge in [-0.15, -0.1) is 0 Å². The minimum absolute atomic E-state index is 0.00826. The molecule has 2 atom stereocenters. The summed E-state index contributed by atoms with van der Waals surface area (Å²) >= 11 is 0. The third-order valence-electron chi connectivity index (χ3n) is 4.69. The van der Waals surface area contributed by atoms with E-state index in [-0.39, 0.29) is 11.9 Å². The molecule has 1 N–H and O–H groups in total. The van der Waals surface area contributed by atoms with Gasteiger partial charge in [0.2, 0.25) is 5.91 Å². The first-order valence-corrected chi connectivity index (χ1v) is 7.79. The van der Waals surface area contributed by atoms with Gasteiger partial charge < -0.3 is 10.2 Å². The van der Waals surface area contributed by atoms with Gasteiger partial charge in [0, 0.05) is 13.6 Å². The number of aryl methyl sites for hydroxylation is 2. The van der Waals surface area contributed by atoms with Crippen LogP contribution in [0.15, 0.2) is 0 Å². The van der Waals surface area contributed by atoms with Gasteiger partial charge in [-0.1, -0.05) is 26.7 Å². The van der Waals surface area contributed by atoms with Crippen LogP contribution in [0, 0.1) is 5.92 Å². The lowest BCUT2D eigenvalue weighted by atomic mass is 9.87. The number of hydrogen-bond donors (Lipinski definition) is 1. The van der Waals surface area contributed by atoms with Crippen molar-refractivity contribution >= 4 is 17.4 Å². The molecule has 110 valence electrons. The highest BCUT2D eigenvalue weighted by Gasteiger charge is 2.40. The maximum absolute atomic E-state index is 12.4. The Bertz CT molecular complexity index is 522. The molecule has 3 rings (SSSR count). The maximum Gasteiger partial charge on any atom is 0.247 e. The molecule has 1 saturated heterocycles. The molecule has 2 aliphatic heterocycles. The predicted octanol–water partition coefficient (Wildman–Crippen LogP) is 2.32. The molecule has 1 aromatic rings. The predicted molar refractivity (Wildman–Crippen MR) is 80.0 cm³/mol. The lowest BCUT2D eigenvalue weighted by Crippen LogP contribution is -2.53. The van der Waals surface area contributed by atoms with Crippen LogP contribution in [0.5, 0.6) is 0 Å². The smallest absolute Gasteiger partial charge is 0.247 e. The van der Waals surface area contributed by atoms with Gasteiger partial charge in [0.25, 0.3) is 0 Å². The van der Waals surface area contributed by atoms with Gasteiger partial charge in [0.15, 0.2) is 5.82 Å². The highest BCUT2D eigenvalue weighted by Crippen LogP contribution is 2.39. The average Bonchev–Trinajstić information content (AvgIpc) is 2.75. The van der Waals surface area contributed by atoms with Crippen LogP contribution >= 0.6 is 0 Å². The molecule has 0 aromatic carbocycles. The average molecular weight is 276 g/mol. The van der Waals surface area contributed by atoms with Gasteiger partial charge in [-0.3, -0.25) is 9.48 Å². The van der Waals surface area contributed by atoms with E-state index < -0.39 is 0 Å². The number of amides is 1. The first kappa shape index (κ1) is 13.5. The van der Waals surface area contributed by atoms with Crippen molar-refractivity contribution in [3.63, 3.8) is 0 Å². The number of fused-ring (bicyclic) bond motifs is 3. The van der Waals surface area contributed by atoms with Crippen LogP contribution in [0.4, 0.5) is 11.5 Å². The molecule has 1 amide bonds. The Morgan fingerprint density at radius 1 is 1.40 bits per heavy atom. The van der Waals surface area contributed by atoms with Crippen LogP contribution in [0.3, 0.4) is 0 Å². The molecule has 2 unspecified atom stereocenters. The van der Waals surface area contributed by atoms with Crippen LogP contribution in [-0.4, -0.2) is 28.3 Å². The second-order valence-corrected chi connectivity index (χ2v) is 6.02. The van der Waals surface area contributed by atoms with E-state index in [2.05, 4.69) is 29.2 Å². The van der Waals surface area contributed by atoms with Crippen molar-refractivity contribution in [2.75, 3.05) is 16.8 Å². The molecule has 1 fully saturated rings. The molecular weight excluding hydrogens is 252 g/mol. The van der Waals surface area contributed by atoms with Gasteiger partial charge in [-0.2, -0.15) is 5.10 Å². The molecule has 2 aliphatic rings. The lowest BCUT2D eigenvalue weighted by molar-refractivity contribution is -0.118. The van der Waals surface area contributed by atoms with Crippen molar-refractivity contribution in [1.29, 1.82) is 0 Å². The Morgan fingerprint density at radius 2 is 2.20 bits per heavy atom. The highest BCUT2D eigenvalue weighted by molar-refractivity contribution is 6.03. The van der Waals surface area contributed by atoms with E-state index >= 15 is 0 Å². The van der Waals surface area contributed by atoms with Crippen LogP contribution in [0.25, 0.3) is 0 Å². The van der Waals surface area contributed by atoms with Crippen molar-refractivity contribution in [2.24, 2.45) is 13.0 Å². The monoisotopic (exact) mass is 276 g/mol. The van der Waals surface area contributed by atoms with Crippen LogP contribution in [0.2, 0.25) is 0 Å². The number of carbonyl (C=O) groups is 1. The van der Waals surface area contributed by atoms with Crippen LogP contribution in [-0.2, 0) is 18.3 Å². The summed E-state index contributed by atoms with van der Waals surface area (Å²) in [7, 11) is 1.98. The standard InChI is InChI=1S/C15H24N4O/c1-4-6-11-13-15(18(3)17-11)19-8-7-10(5-2)9-12(19)14(20)16-13/h10,12H,4-9H2,1-3H3,(H,16,20). The highest BCUT2D eigenvalue weighted by atomic mass is 16.2. The van der Waals surface area contributed by atoms with E-state index in [4.69, 9.17) is 0 Å². The third-order valence-corrected chi connectivity index (χ3v) is 4.69. The molecule has 0 saturated carbocycles. The zero-order chi connectivity index (χ0) is 14.3. The largest absolute Gasteiger partial charge is 0.343 e. The summed E-state index contributed by atoms with van der Waals surface area (Å²) < 4.78 is 1.94. The normalized spacial score (nSPS) is 25.1. The zero-order valence-electron chi connectivity index (χ0n) is 12.6. The number of aromatic nitrogens is 2. The molecule has 0 spiro atoms. The van der Waals surface area contributed by atoms with E-state index in [9.17, 15) is 4.79 Å². The fourth-order valence-corrected chi connectivity index (χ4v) is 3.56. The van der Waals surface area contributed by atoms with Crippen LogP contribution < -0.4 is 10.2 Å². The minimum Gasteiger partial charge on any atom is -0.343 e. The Labute approximate surface area is 120 Å². The fourth-order valence-electron chi connectivity index (χ4n) is 3.56. The maximum atomic E-state index is 12.4. The number of piperidine rings is 1. The van der Waals surface area contributed by atoms with E-state index in [0.717, 1.165) is 49.4 Å². The summed E-state index contributed by atoms with van der Waals surface area (Å²) in [6.07, 6.45) is 5.27. The molecule has 20 heavy (non-hydrogen) atoms. The van der Waals surface area contributed by atoms with Gasteiger partial charge in [0.1, 0.15) is 11.7 Å². The van der Waals surface area contributed by atoms with Crippen molar-refractivity contribution in [2.45, 2.75) is 52.0 Å². The quantitative estimate of drug-likeness (QED) is 0.921.